The first-order chi connectivity index (χ1) is 15.4. The molecule has 0 aliphatic rings. The van der Waals surface area contributed by atoms with E-state index in [1.807, 2.05) is 28.8 Å². The minimum absolute atomic E-state index is 0.0331. The minimum Gasteiger partial charge on any atom is -0.485 e. The summed E-state index contributed by atoms with van der Waals surface area (Å²) in [5.74, 6) is -0.108. The van der Waals surface area contributed by atoms with Crippen LogP contribution in [0.4, 0.5) is 8.78 Å². The zero-order valence-electron chi connectivity index (χ0n) is 17.2. The van der Waals surface area contributed by atoms with Crippen molar-refractivity contribution in [1.29, 1.82) is 0 Å². The Hall–Kier alpha value is -3.30. The monoisotopic (exact) mass is 457 g/mol. The van der Waals surface area contributed by atoms with Crippen LogP contribution in [-0.2, 0) is 17.8 Å². The molecule has 0 saturated heterocycles. The molecule has 0 aliphatic heterocycles. The van der Waals surface area contributed by atoms with Crippen molar-refractivity contribution in [3.63, 3.8) is 0 Å². The van der Waals surface area contributed by atoms with Crippen molar-refractivity contribution in [2.24, 2.45) is 5.73 Å². The van der Waals surface area contributed by atoms with Crippen LogP contribution < -0.4 is 10.5 Å². The molecule has 3 heterocycles. The molecule has 0 spiro atoms. The van der Waals surface area contributed by atoms with Crippen molar-refractivity contribution < 1.29 is 23.4 Å². The minimum atomic E-state index is -2.72. The molecule has 32 heavy (non-hydrogen) atoms. The third-order valence-electron chi connectivity index (χ3n) is 5.09. The summed E-state index contributed by atoms with van der Waals surface area (Å²) in [5, 5.41) is 9.27. The van der Waals surface area contributed by atoms with E-state index in [0.29, 0.717) is 21.8 Å². The summed E-state index contributed by atoms with van der Waals surface area (Å²) in [6.45, 7) is 1.34. The van der Waals surface area contributed by atoms with Crippen molar-refractivity contribution in [2.45, 2.75) is 32.5 Å². The molecule has 6 nitrogen and oxygen atoms in total. The van der Waals surface area contributed by atoms with Crippen LogP contribution in [0.25, 0.3) is 16.2 Å². The third kappa shape index (κ3) is 4.35. The number of hydrogen-bond acceptors (Lipinski definition) is 5. The van der Waals surface area contributed by atoms with E-state index >= 15 is 0 Å². The molecule has 0 fully saturated rings. The van der Waals surface area contributed by atoms with E-state index in [1.165, 1.54) is 23.5 Å². The number of aliphatic hydroxyl groups is 1. The molecule has 9 heteroatoms. The van der Waals surface area contributed by atoms with E-state index in [4.69, 9.17) is 10.5 Å². The Balaban J connectivity index is 1.71. The van der Waals surface area contributed by atoms with Gasteiger partial charge in [-0.1, -0.05) is 18.2 Å². The lowest BCUT2D eigenvalue weighted by atomic mass is 10.0. The summed E-state index contributed by atoms with van der Waals surface area (Å²) in [6.07, 6.45) is 0.137. The lowest BCUT2D eigenvalue weighted by molar-refractivity contribution is -0.117. The molecule has 4 rings (SSSR count). The smallest absolute Gasteiger partial charge is 0.264 e. The van der Waals surface area contributed by atoms with Gasteiger partial charge in [0.05, 0.1) is 34.7 Å². The van der Waals surface area contributed by atoms with Gasteiger partial charge >= 0.3 is 0 Å². The van der Waals surface area contributed by atoms with Crippen LogP contribution in [0, 0.1) is 0 Å². The number of benzene rings is 1. The fourth-order valence-electron chi connectivity index (χ4n) is 3.57. The first-order valence-electron chi connectivity index (χ1n) is 9.89. The summed E-state index contributed by atoms with van der Waals surface area (Å²) in [4.78, 5) is 17.4. The van der Waals surface area contributed by atoms with Gasteiger partial charge in [-0.25, -0.2) is 13.8 Å². The summed E-state index contributed by atoms with van der Waals surface area (Å²) in [7, 11) is 0. The third-order valence-corrected chi connectivity index (χ3v) is 6.22. The molecule has 3 aromatic heterocycles. The predicted molar refractivity (Wildman–Crippen MR) is 118 cm³/mol. The quantitative estimate of drug-likeness (QED) is 0.403. The Kier molecular flexibility index (Phi) is 6.20. The molecule has 0 radical (unpaired) electrons. The number of aliphatic hydroxyl groups excluding tert-OH is 1. The predicted octanol–water partition coefficient (Wildman–Crippen LogP) is 4.66. The molecular formula is C23H21F2N3O3S. The molecule has 3 N–H and O–H groups in total. The van der Waals surface area contributed by atoms with Crippen molar-refractivity contribution in [3.8, 4) is 16.3 Å². The highest BCUT2D eigenvalue weighted by molar-refractivity contribution is 7.15. The second kappa shape index (κ2) is 9.05. The summed E-state index contributed by atoms with van der Waals surface area (Å²) in [5.41, 5.74) is 7.52. The van der Waals surface area contributed by atoms with E-state index in [0.717, 1.165) is 16.2 Å². The highest BCUT2D eigenvalue weighted by Crippen LogP contribution is 2.40. The number of carbonyl (C=O) groups excluding carboxylic acids is 1. The largest absolute Gasteiger partial charge is 0.485 e. The molecule has 1 aromatic carbocycles. The Morgan fingerprint density at radius 2 is 2.06 bits per heavy atom. The fourth-order valence-corrected chi connectivity index (χ4v) is 4.68. The second-order valence-electron chi connectivity index (χ2n) is 7.30. The molecular weight excluding hydrogens is 436 g/mol. The zero-order valence-corrected chi connectivity index (χ0v) is 18.0. The van der Waals surface area contributed by atoms with Gasteiger partial charge in [0.1, 0.15) is 17.5 Å². The highest BCUT2D eigenvalue weighted by Gasteiger charge is 2.22. The van der Waals surface area contributed by atoms with Crippen molar-refractivity contribution >= 4 is 22.9 Å². The van der Waals surface area contributed by atoms with Crippen LogP contribution in [-0.4, -0.2) is 20.4 Å². The Bertz CT molecular complexity index is 1270. The highest BCUT2D eigenvalue weighted by atomic mass is 32.1. The van der Waals surface area contributed by atoms with Crippen LogP contribution in [0.1, 0.15) is 41.0 Å². The average molecular weight is 458 g/mol. The molecule has 166 valence electrons. The number of pyridine rings is 1. The maximum Gasteiger partial charge on any atom is 0.264 e. The lowest BCUT2D eigenvalue weighted by Gasteiger charge is -2.19. The number of nitrogens with zero attached hydrogens (tertiary/aromatic N) is 2. The first-order valence-corrected chi connectivity index (χ1v) is 10.7. The summed E-state index contributed by atoms with van der Waals surface area (Å²) >= 11 is 1.35. The van der Waals surface area contributed by atoms with Gasteiger partial charge in [-0.15, -0.1) is 11.3 Å². The van der Waals surface area contributed by atoms with Gasteiger partial charge in [0.15, 0.2) is 0 Å². The Morgan fingerprint density at radius 1 is 1.25 bits per heavy atom. The number of ether oxygens (including phenoxy) is 1. The average Bonchev–Trinajstić information content (AvgIpc) is 3.36. The topological polar surface area (TPSA) is 89.9 Å². The summed E-state index contributed by atoms with van der Waals surface area (Å²) < 4.78 is 35.2. The van der Waals surface area contributed by atoms with Gasteiger partial charge in [-0.2, -0.15) is 0 Å². The molecule has 0 bridgehead atoms. The number of amides is 1. The van der Waals surface area contributed by atoms with Gasteiger partial charge < -0.3 is 15.6 Å². The van der Waals surface area contributed by atoms with Crippen LogP contribution in [0.5, 0.6) is 5.75 Å². The number of nitrogens with two attached hydrogens (primary N) is 1. The number of alkyl halides is 2. The van der Waals surface area contributed by atoms with Crippen molar-refractivity contribution in [3.05, 3.63) is 76.4 Å². The standard InChI is InChI=1S/C23H21F2N3O3S/c1-13(15-6-5-14(12-29)8-16(15)23(24)25)31-18-9-19(32-20(18)10-21(26)30)17-11-27-22-4-2-3-7-28(17)22/h2-9,11,13,23,29H,10,12H2,1H3,(H2,26,30)/t13-/m1/s1. The molecule has 0 unspecified atom stereocenters. The van der Waals surface area contributed by atoms with Gasteiger partial charge in [0, 0.05) is 23.4 Å². The van der Waals surface area contributed by atoms with Crippen molar-refractivity contribution in [1.82, 2.24) is 9.38 Å². The molecule has 1 atom stereocenters. The summed E-state index contributed by atoms with van der Waals surface area (Å²) in [6, 6.07) is 11.8. The molecule has 0 aliphatic carbocycles. The van der Waals surface area contributed by atoms with Gasteiger partial charge in [-0.3, -0.25) is 9.20 Å². The maximum absolute atomic E-state index is 13.6. The second-order valence-corrected chi connectivity index (χ2v) is 8.43. The normalized spacial score (nSPS) is 12.4. The number of carbonyl (C=O) groups is 1. The van der Waals surface area contributed by atoms with Crippen molar-refractivity contribution in [2.75, 3.05) is 0 Å². The fraction of sp³-hybridized carbons (Fsp3) is 0.217. The molecule has 1 amide bonds. The number of primary amides is 1. The van der Waals surface area contributed by atoms with E-state index in [-0.39, 0.29) is 18.6 Å². The molecule has 0 saturated carbocycles. The first kappa shape index (κ1) is 21.9. The maximum atomic E-state index is 13.6. The van der Waals surface area contributed by atoms with Crippen LogP contribution in [0.2, 0.25) is 0 Å². The van der Waals surface area contributed by atoms with E-state index in [1.54, 1.807) is 25.3 Å². The van der Waals surface area contributed by atoms with Gasteiger partial charge in [-0.05, 0) is 30.7 Å². The van der Waals surface area contributed by atoms with E-state index in [2.05, 4.69) is 4.98 Å². The van der Waals surface area contributed by atoms with Crippen LogP contribution >= 0.6 is 11.3 Å². The zero-order chi connectivity index (χ0) is 22.8. The number of hydrogen-bond donors (Lipinski definition) is 2. The number of fused-ring (bicyclic) bond motifs is 1. The Labute approximate surface area is 186 Å². The SMILES string of the molecule is C[C@@H](Oc1cc(-c2cnc3ccccn23)sc1CC(N)=O)c1ccc(CO)cc1C(F)F. The Morgan fingerprint density at radius 3 is 2.78 bits per heavy atom. The van der Waals surface area contributed by atoms with Crippen LogP contribution in [0.3, 0.4) is 0 Å². The number of thiophene rings is 1. The molecule has 4 aromatic rings. The number of aromatic nitrogens is 2. The number of imidazole rings is 1. The number of halogens is 2. The van der Waals surface area contributed by atoms with E-state index < -0.39 is 18.4 Å². The van der Waals surface area contributed by atoms with E-state index in [9.17, 15) is 18.7 Å². The van der Waals surface area contributed by atoms with Gasteiger partial charge in [0.25, 0.3) is 6.43 Å². The number of rotatable bonds is 8. The lowest BCUT2D eigenvalue weighted by Crippen LogP contribution is -2.14. The van der Waals surface area contributed by atoms with Crippen LogP contribution in [0.15, 0.2) is 54.9 Å². The van der Waals surface area contributed by atoms with Gasteiger partial charge in [0.2, 0.25) is 5.91 Å².